The first kappa shape index (κ1) is 22.3. The van der Waals surface area contributed by atoms with Crippen molar-refractivity contribution in [2.45, 2.75) is 32.4 Å². The van der Waals surface area contributed by atoms with E-state index < -0.39 is 22.7 Å². The number of carbonyl (C=O) groups excluding carboxylic acids is 2. The van der Waals surface area contributed by atoms with Crippen LogP contribution in [0, 0.1) is 6.92 Å². The standard InChI is InChI=1S/C18H14ClF3N4O2S2/c1-8(3-12(27)15-9(2)25-7-29-15)17-24-6-13(30-17)16(28)26-14-4-10(18(20,21)22)11(19)5-23-14/h4-8H,3H2,1-2H3,(H,23,26,28)/t8-/m0/s1. The summed E-state index contributed by atoms with van der Waals surface area (Å²) in [6, 6.07) is 0.668. The van der Waals surface area contributed by atoms with Gasteiger partial charge in [0.15, 0.2) is 5.78 Å². The maximum atomic E-state index is 12.9. The molecule has 0 aliphatic heterocycles. The molecular formula is C18H14ClF3N4O2S2. The van der Waals surface area contributed by atoms with Crippen molar-refractivity contribution in [3.8, 4) is 0 Å². The predicted molar refractivity (Wildman–Crippen MR) is 109 cm³/mol. The van der Waals surface area contributed by atoms with Crippen LogP contribution in [-0.4, -0.2) is 26.6 Å². The molecule has 0 aliphatic rings. The average molecular weight is 475 g/mol. The molecule has 1 atom stereocenters. The lowest BCUT2D eigenvalue weighted by atomic mass is 10.0. The number of thiazole rings is 2. The van der Waals surface area contributed by atoms with E-state index >= 15 is 0 Å². The van der Waals surface area contributed by atoms with E-state index in [1.807, 2.05) is 6.92 Å². The molecule has 0 unspecified atom stereocenters. The van der Waals surface area contributed by atoms with Crippen molar-refractivity contribution in [2.75, 3.05) is 5.32 Å². The van der Waals surface area contributed by atoms with Crippen LogP contribution in [0.25, 0.3) is 0 Å². The smallest absolute Gasteiger partial charge is 0.306 e. The van der Waals surface area contributed by atoms with Crippen LogP contribution in [0.4, 0.5) is 19.0 Å². The summed E-state index contributed by atoms with van der Waals surface area (Å²) >= 11 is 7.86. The Morgan fingerprint density at radius 3 is 2.60 bits per heavy atom. The lowest BCUT2D eigenvalue weighted by Crippen LogP contribution is -2.13. The number of hydrogen-bond donors (Lipinski definition) is 1. The van der Waals surface area contributed by atoms with Gasteiger partial charge < -0.3 is 5.32 Å². The van der Waals surface area contributed by atoms with Crippen LogP contribution in [0.1, 0.15) is 54.9 Å². The number of alkyl halides is 3. The second kappa shape index (κ2) is 8.78. The molecule has 30 heavy (non-hydrogen) atoms. The van der Waals surface area contributed by atoms with Crippen LogP contribution in [0.2, 0.25) is 5.02 Å². The predicted octanol–water partition coefficient (Wildman–Crippen LogP) is 5.60. The highest BCUT2D eigenvalue weighted by Gasteiger charge is 2.34. The van der Waals surface area contributed by atoms with Gasteiger partial charge in [-0.05, 0) is 13.0 Å². The van der Waals surface area contributed by atoms with Crippen molar-refractivity contribution in [3.63, 3.8) is 0 Å². The van der Waals surface area contributed by atoms with Crippen LogP contribution < -0.4 is 5.32 Å². The van der Waals surface area contributed by atoms with Crippen LogP contribution in [0.3, 0.4) is 0 Å². The fraction of sp³-hybridized carbons (Fsp3) is 0.278. The van der Waals surface area contributed by atoms with E-state index in [1.165, 1.54) is 17.5 Å². The number of amides is 1. The third-order valence-electron chi connectivity index (χ3n) is 4.06. The highest BCUT2D eigenvalue weighted by Crippen LogP contribution is 2.35. The number of aryl methyl sites for hydroxylation is 1. The quantitative estimate of drug-likeness (QED) is 0.470. The Hall–Kier alpha value is -2.37. The summed E-state index contributed by atoms with van der Waals surface area (Å²) in [4.78, 5) is 37.5. The molecule has 0 aliphatic carbocycles. The summed E-state index contributed by atoms with van der Waals surface area (Å²) in [6.07, 6.45) is -2.33. The number of anilines is 1. The number of nitrogens with one attached hydrogen (secondary N) is 1. The maximum absolute atomic E-state index is 12.9. The summed E-state index contributed by atoms with van der Waals surface area (Å²) in [5.74, 6) is -1.24. The van der Waals surface area contributed by atoms with Gasteiger partial charge in [-0.15, -0.1) is 22.7 Å². The molecule has 0 spiro atoms. The molecule has 1 amide bonds. The largest absolute Gasteiger partial charge is 0.418 e. The molecule has 6 nitrogen and oxygen atoms in total. The minimum atomic E-state index is -4.67. The summed E-state index contributed by atoms with van der Waals surface area (Å²) in [6.45, 7) is 3.57. The maximum Gasteiger partial charge on any atom is 0.418 e. The van der Waals surface area contributed by atoms with E-state index in [2.05, 4.69) is 20.3 Å². The zero-order chi connectivity index (χ0) is 22.1. The highest BCUT2D eigenvalue weighted by molar-refractivity contribution is 7.14. The van der Waals surface area contributed by atoms with E-state index in [-0.39, 0.29) is 28.8 Å². The van der Waals surface area contributed by atoms with Crippen molar-refractivity contribution in [3.05, 3.63) is 55.0 Å². The van der Waals surface area contributed by atoms with Crippen LogP contribution in [0.5, 0.6) is 0 Å². The molecule has 0 radical (unpaired) electrons. The van der Waals surface area contributed by atoms with Gasteiger partial charge in [-0.25, -0.2) is 15.0 Å². The second-order valence-electron chi connectivity index (χ2n) is 6.36. The first-order chi connectivity index (χ1) is 14.1. The first-order valence-corrected chi connectivity index (χ1v) is 10.6. The van der Waals surface area contributed by atoms with Gasteiger partial charge in [0.25, 0.3) is 5.91 Å². The van der Waals surface area contributed by atoms with Crippen molar-refractivity contribution in [2.24, 2.45) is 0 Å². The van der Waals surface area contributed by atoms with E-state index in [0.717, 1.165) is 17.5 Å². The topological polar surface area (TPSA) is 84.8 Å². The molecule has 3 aromatic rings. The number of nitrogens with zero attached hydrogens (tertiary/aromatic N) is 3. The van der Waals surface area contributed by atoms with E-state index in [4.69, 9.17) is 11.6 Å². The Morgan fingerprint density at radius 1 is 1.23 bits per heavy atom. The Balaban J connectivity index is 1.69. The van der Waals surface area contributed by atoms with Gasteiger partial charge in [0.2, 0.25) is 0 Å². The Bertz CT molecular complexity index is 1100. The third kappa shape index (κ3) is 5.02. The number of rotatable bonds is 6. The first-order valence-electron chi connectivity index (χ1n) is 8.49. The van der Waals surface area contributed by atoms with Crippen molar-refractivity contribution < 1.29 is 22.8 Å². The molecule has 0 saturated heterocycles. The Kier molecular flexibility index (Phi) is 6.53. The van der Waals surface area contributed by atoms with Gasteiger partial charge >= 0.3 is 6.18 Å². The van der Waals surface area contributed by atoms with E-state index in [0.29, 0.717) is 21.6 Å². The zero-order valence-corrected chi connectivity index (χ0v) is 18.0. The minimum Gasteiger partial charge on any atom is -0.306 e. The van der Waals surface area contributed by atoms with Gasteiger partial charge in [0, 0.05) is 18.5 Å². The number of ketones is 1. The normalized spacial score (nSPS) is 12.6. The molecule has 0 bridgehead atoms. The molecule has 3 heterocycles. The lowest BCUT2D eigenvalue weighted by Gasteiger charge is -2.10. The zero-order valence-electron chi connectivity index (χ0n) is 15.6. The third-order valence-corrected chi connectivity index (χ3v) is 6.56. The number of aromatic nitrogens is 3. The number of carbonyl (C=O) groups is 2. The number of Topliss-reactive ketones (excluding diaryl/α,β-unsaturated/α-hetero) is 1. The summed E-state index contributed by atoms with van der Waals surface area (Å²) in [5, 5.41) is 2.31. The Morgan fingerprint density at radius 2 is 1.97 bits per heavy atom. The number of pyridine rings is 1. The molecular weight excluding hydrogens is 461 g/mol. The highest BCUT2D eigenvalue weighted by atomic mass is 35.5. The summed E-state index contributed by atoms with van der Waals surface area (Å²) < 4.78 is 38.8. The fourth-order valence-electron chi connectivity index (χ4n) is 2.55. The van der Waals surface area contributed by atoms with E-state index in [9.17, 15) is 22.8 Å². The van der Waals surface area contributed by atoms with Crippen molar-refractivity contribution in [1.82, 2.24) is 15.0 Å². The molecule has 1 N–H and O–H groups in total. The Labute approximate surface area is 182 Å². The van der Waals surface area contributed by atoms with Crippen LogP contribution >= 0.6 is 34.3 Å². The number of halogens is 4. The molecule has 0 saturated carbocycles. The van der Waals surface area contributed by atoms with Gasteiger partial charge in [0.05, 0.1) is 37.9 Å². The molecule has 3 aromatic heterocycles. The van der Waals surface area contributed by atoms with E-state index in [1.54, 1.807) is 12.4 Å². The molecule has 0 aromatic carbocycles. The molecule has 158 valence electrons. The summed E-state index contributed by atoms with van der Waals surface area (Å²) in [7, 11) is 0. The van der Waals surface area contributed by atoms with Crippen LogP contribution in [0.15, 0.2) is 24.0 Å². The molecule has 12 heteroatoms. The number of hydrogen-bond acceptors (Lipinski definition) is 7. The van der Waals surface area contributed by atoms with Gasteiger partial charge in [-0.2, -0.15) is 13.2 Å². The fourth-order valence-corrected chi connectivity index (χ4v) is 4.38. The average Bonchev–Trinajstić information content (AvgIpc) is 3.31. The summed E-state index contributed by atoms with van der Waals surface area (Å²) in [5.41, 5.74) is 1.18. The monoisotopic (exact) mass is 474 g/mol. The van der Waals surface area contributed by atoms with Gasteiger partial charge in [-0.3, -0.25) is 9.59 Å². The SMILES string of the molecule is Cc1ncsc1C(=O)C[C@H](C)c1ncc(C(=O)Nc2cc(C(F)(F)F)c(Cl)cn2)s1. The van der Waals surface area contributed by atoms with Crippen molar-refractivity contribution >= 4 is 51.8 Å². The second-order valence-corrected chi connectivity index (χ2v) is 8.68. The van der Waals surface area contributed by atoms with Gasteiger partial charge in [-0.1, -0.05) is 18.5 Å². The lowest BCUT2D eigenvalue weighted by molar-refractivity contribution is -0.137. The molecule has 3 rings (SSSR count). The van der Waals surface area contributed by atoms with Crippen molar-refractivity contribution in [1.29, 1.82) is 0 Å². The van der Waals surface area contributed by atoms with Crippen LogP contribution in [-0.2, 0) is 6.18 Å². The molecule has 0 fully saturated rings. The van der Waals surface area contributed by atoms with Gasteiger partial charge in [0.1, 0.15) is 10.7 Å². The minimum absolute atomic E-state index is 0.0613.